The highest BCUT2D eigenvalue weighted by Gasteiger charge is 2.05. The molecule has 0 aliphatic heterocycles. The number of ether oxygens (including phenoxy) is 1. The van der Waals surface area contributed by atoms with Crippen LogP contribution in [-0.2, 0) is 6.54 Å². The van der Waals surface area contributed by atoms with Gasteiger partial charge in [0.05, 0.1) is 6.61 Å². The summed E-state index contributed by atoms with van der Waals surface area (Å²) in [5, 5.41) is 3.49. The van der Waals surface area contributed by atoms with Crippen LogP contribution in [0.1, 0.15) is 38.3 Å². The van der Waals surface area contributed by atoms with Crippen molar-refractivity contribution in [2.24, 2.45) is 0 Å². The number of nitrogens with one attached hydrogen (secondary N) is 1. The van der Waals surface area contributed by atoms with Gasteiger partial charge in [-0.25, -0.2) is 0 Å². The highest BCUT2D eigenvalue weighted by Crippen LogP contribution is 2.20. The van der Waals surface area contributed by atoms with E-state index in [-0.39, 0.29) is 0 Å². The number of rotatable bonds is 6. The Balaban J connectivity index is 2.71. The standard InChI is InChI=1S/C14H23NO/c1-5-12(4)15-10-13-9-11(3)7-8-14(13)16-6-2/h7-9,12,15H,5-6,10H2,1-4H3. The molecule has 0 heterocycles. The molecule has 0 spiro atoms. The van der Waals surface area contributed by atoms with E-state index in [1.807, 2.05) is 6.92 Å². The van der Waals surface area contributed by atoms with Gasteiger partial charge >= 0.3 is 0 Å². The summed E-state index contributed by atoms with van der Waals surface area (Å²) in [5.41, 5.74) is 2.53. The summed E-state index contributed by atoms with van der Waals surface area (Å²) in [6.07, 6.45) is 1.15. The van der Waals surface area contributed by atoms with E-state index in [9.17, 15) is 0 Å². The topological polar surface area (TPSA) is 21.3 Å². The van der Waals surface area contributed by atoms with Crippen LogP contribution in [0.15, 0.2) is 18.2 Å². The van der Waals surface area contributed by atoms with Crippen molar-refractivity contribution in [1.82, 2.24) is 5.32 Å². The van der Waals surface area contributed by atoms with Gasteiger partial charge in [-0.05, 0) is 33.3 Å². The first-order valence-electron chi connectivity index (χ1n) is 6.13. The number of aryl methyl sites for hydroxylation is 1. The molecule has 16 heavy (non-hydrogen) atoms. The molecule has 0 saturated heterocycles. The molecule has 0 aromatic heterocycles. The molecule has 0 bridgehead atoms. The molecule has 2 nitrogen and oxygen atoms in total. The van der Waals surface area contributed by atoms with Crippen LogP contribution >= 0.6 is 0 Å². The summed E-state index contributed by atoms with van der Waals surface area (Å²) >= 11 is 0. The molecule has 0 amide bonds. The summed E-state index contributed by atoms with van der Waals surface area (Å²) in [6, 6.07) is 6.90. The van der Waals surface area contributed by atoms with E-state index in [1.165, 1.54) is 11.1 Å². The van der Waals surface area contributed by atoms with Crippen molar-refractivity contribution in [3.05, 3.63) is 29.3 Å². The molecule has 2 heteroatoms. The maximum Gasteiger partial charge on any atom is 0.123 e. The zero-order valence-electron chi connectivity index (χ0n) is 10.8. The van der Waals surface area contributed by atoms with Crippen LogP contribution in [0.3, 0.4) is 0 Å². The lowest BCUT2D eigenvalue weighted by atomic mass is 10.1. The van der Waals surface area contributed by atoms with E-state index in [0.717, 1.165) is 25.3 Å². The van der Waals surface area contributed by atoms with Crippen molar-refractivity contribution in [2.75, 3.05) is 6.61 Å². The van der Waals surface area contributed by atoms with Crippen LogP contribution in [0, 0.1) is 6.92 Å². The fraction of sp³-hybridized carbons (Fsp3) is 0.571. The Bertz CT molecular complexity index is 323. The summed E-state index contributed by atoms with van der Waals surface area (Å²) in [6.45, 7) is 10.1. The third-order valence-electron chi connectivity index (χ3n) is 2.77. The zero-order valence-corrected chi connectivity index (χ0v) is 10.8. The highest BCUT2D eigenvalue weighted by molar-refractivity contribution is 5.36. The average Bonchev–Trinajstić information content (AvgIpc) is 2.29. The highest BCUT2D eigenvalue weighted by atomic mass is 16.5. The first kappa shape index (κ1) is 13.0. The van der Waals surface area contributed by atoms with Crippen molar-refractivity contribution in [2.45, 2.75) is 46.7 Å². The summed E-state index contributed by atoms with van der Waals surface area (Å²) < 4.78 is 5.62. The van der Waals surface area contributed by atoms with Gasteiger partial charge in [-0.2, -0.15) is 0 Å². The van der Waals surface area contributed by atoms with Gasteiger partial charge in [-0.3, -0.25) is 0 Å². The number of hydrogen-bond acceptors (Lipinski definition) is 2. The van der Waals surface area contributed by atoms with Crippen molar-refractivity contribution in [3.8, 4) is 5.75 Å². The normalized spacial score (nSPS) is 12.5. The van der Waals surface area contributed by atoms with Gasteiger partial charge in [0.2, 0.25) is 0 Å². The lowest BCUT2D eigenvalue weighted by Crippen LogP contribution is -2.24. The average molecular weight is 221 g/mol. The first-order chi connectivity index (χ1) is 7.67. The van der Waals surface area contributed by atoms with Crippen LogP contribution < -0.4 is 10.1 Å². The van der Waals surface area contributed by atoms with Gasteiger partial charge in [-0.15, -0.1) is 0 Å². The van der Waals surface area contributed by atoms with Crippen molar-refractivity contribution in [3.63, 3.8) is 0 Å². The van der Waals surface area contributed by atoms with Gasteiger partial charge in [0.1, 0.15) is 5.75 Å². The zero-order chi connectivity index (χ0) is 12.0. The van der Waals surface area contributed by atoms with Crippen molar-refractivity contribution in [1.29, 1.82) is 0 Å². The maximum absolute atomic E-state index is 5.62. The molecule has 0 saturated carbocycles. The van der Waals surface area contributed by atoms with E-state index in [0.29, 0.717) is 6.04 Å². The number of hydrogen-bond donors (Lipinski definition) is 1. The molecule has 1 atom stereocenters. The molecule has 0 fully saturated rings. The second-order valence-corrected chi connectivity index (χ2v) is 4.23. The van der Waals surface area contributed by atoms with E-state index >= 15 is 0 Å². The molecule has 0 aliphatic rings. The summed E-state index contributed by atoms with van der Waals surface area (Å²) in [7, 11) is 0. The summed E-state index contributed by atoms with van der Waals surface area (Å²) in [4.78, 5) is 0. The molecule has 1 unspecified atom stereocenters. The van der Waals surface area contributed by atoms with Gasteiger partial charge in [0.15, 0.2) is 0 Å². The predicted octanol–water partition coefficient (Wildman–Crippen LogP) is 3.28. The third-order valence-corrected chi connectivity index (χ3v) is 2.77. The fourth-order valence-electron chi connectivity index (χ4n) is 1.57. The maximum atomic E-state index is 5.62. The first-order valence-corrected chi connectivity index (χ1v) is 6.13. The molecular weight excluding hydrogens is 198 g/mol. The van der Waals surface area contributed by atoms with Crippen LogP contribution in [0.25, 0.3) is 0 Å². The van der Waals surface area contributed by atoms with E-state index < -0.39 is 0 Å². The number of benzene rings is 1. The molecule has 0 radical (unpaired) electrons. The van der Waals surface area contributed by atoms with Crippen molar-refractivity contribution >= 4 is 0 Å². The Morgan fingerprint density at radius 3 is 2.69 bits per heavy atom. The van der Waals surface area contributed by atoms with Gasteiger partial charge in [0, 0.05) is 18.2 Å². The van der Waals surface area contributed by atoms with Crippen LogP contribution in [0.5, 0.6) is 5.75 Å². The summed E-state index contributed by atoms with van der Waals surface area (Å²) in [5.74, 6) is 1.00. The Kier molecular flexibility index (Phi) is 5.33. The Labute approximate surface area is 99.0 Å². The molecule has 1 aromatic carbocycles. The molecule has 1 rings (SSSR count). The Hall–Kier alpha value is -1.02. The van der Waals surface area contributed by atoms with E-state index in [4.69, 9.17) is 4.74 Å². The second kappa shape index (κ2) is 6.54. The Morgan fingerprint density at radius 2 is 2.06 bits per heavy atom. The molecule has 0 aliphatic carbocycles. The third kappa shape index (κ3) is 3.86. The quantitative estimate of drug-likeness (QED) is 0.796. The monoisotopic (exact) mass is 221 g/mol. The smallest absolute Gasteiger partial charge is 0.123 e. The van der Waals surface area contributed by atoms with Crippen LogP contribution in [0.2, 0.25) is 0 Å². The minimum atomic E-state index is 0.551. The molecule has 1 aromatic rings. The predicted molar refractivity (Wildman–Crippen MR) is 68.9 cm³/mol. The minimum absolute atomic E-state index is 0.551. The molecular formula is C14H23NO. The van der Waals surface area contributed by atoms with E-state index in [2.05, 4.69) is 44.3 Å². The lowest BCUT2D eigenvalue weighted by Gasteiger charge is -2.15. The van der Waals surface area contributed by atoms with Crippen molar-refractivity contribution < 1.29 is 4.74 Å². The SMILES string of the molecule is CCOc1ccc(C)cc1CNC(C)CC. The molecule has 1 N–H and O–H groups in total. The fourth-order valence-corrected chi connectivity index (χ4v) is 1.57. The largest absolute Gasteiger partial charge is 0.494 e. The second-order valence-electron chi connectivity index (χ2n) is 4.23. The van der Waals surface area contributed by atoms with Gasteiger partial charge in [0.25, 0.3) is 0 Å². The molecule has 90 valence electrons. The van der Waals surface area contributed by atoms with E-state index in [1.54, 1.807) is 0 Å². The van der Waals surface area contributed by atoms with Crippen LogP contribution in [0.4, 0.5) is 0 Å². The van der Waals surface area contributed by atoms with Crippen LogP contribution in [-0.4, -0.2) is 12.6 Å². The Morgan fingerprint density at radius 1 is 1.31 bits per heavy atom. The lowest BCUT2D eigenvalue weighted by molar-refractivity contribution is 0.334. The minimum Gasteiger partial charge on any atom is -0.494 e. The van der Waals surface area contributed by atoms with Gasteiger partial charge < -0.3 is 10.1 Å². The van der Waals surface area contributed by atoms with Gasteiger partial charge in [-0.1, -0.05) is 24.6 Å².